The number of hydrogen-bond donors (Lipinski definition) is 2. The first-order valence-electron chi connectivity index (χ1n) is 15.2. The average molecular weight is 619 g/mol. The molecule has 9 heteroatoms. The summed E-state index contributed by atoms with van der Waals surface area (Å²) in [6.45, 7) is 2.51. The molecule has 0 bridgehead atoms. The molecule has 1 aromatic heterocycles. The van der Waals surface area contributed by atoms with Crippen molar-refractivity contribution in [2.24, 2.45) is 0 Å². The molecule has 236 valence electrons. The van der Waals surface area contributed by atoms with Crippen molar-refractivity contribution in [3.05, 3.63) is 135 Å². The molecule has 1 atom stereocenters. The molecular formula is C37H38N4O5. The second kappa shape index (κ2) is 15.0. The van der Waals surface area contributed by atoms with E-state index in [9.17, 15) is 14.4 Å². The predicted molar refractivity (Wildman–Crippen MR) is 179 cm³/mol. The van der Waals surface area contributed by atoms with Crippen LogP contribution >= 0.6 is 0 Å². The third kappa shape index (κ3) is 8.18. The summed E-state index contributed by atoms with van der Waals surface area (Å²) in [4.78, 5) is 45.7. The lowest BCUT2D eigenvalue weighted by Gasteiger charge is -2.25. The second-order valence-electron chi connectivity index (χ2n) is 11.2. The zero-order valence-corrected chi connectivity index (χ0v) is 26.3. The summed E-state index contributed by atoms with van der Waals surface area (Å²) in [6, 6.07) is 29.8. The summed E-state index contributed by atoms with van der Waals surface area (Å²) in [7, 11) is 3.34. The van der Waals surface area contributed by atoms with Gasteiger partial charge in [-0.15, -0.1) is 0 Å². The minimum atomic E-state index is -0.762. The van der Waals surface area contributed by atoms with Crippen molar-refractivity contribution in [1.29, 1.82) is 0 Å². The Morgan fingerprint density at radius 3 is 2.24 bits per heavy atom. The fourth-order valence-corrected chi connectivity index (χ4v) is 5.35. The zero-order chi connectivity index (χ0) is 32.5. The van der Waals surface area contributed by atoms with Gasteiger partial charge in [-0.1, -0.05) is 78.9 Å². The highest BCUT2D eigenvalue weighted by molar-refractivity contribution is 5.86. The van der Waals surface area contributed by atoms with E-state index in [0.717, 1.165) is 22.3 Å². The molecule has 2 amide bonds. The molecule has 0 aliphatic heterocycles. The minimum Gasteiger partial charge on any atom is -0.497 e. The summed E-state index contributed by atoms with van der Waals surface area (Å²) >= 11 is 0. The first-order valence-corrected chi connectivity index (χ1v) is 15.2. The first-order chi connectivity index (χ1) is 22.3. The highest BCUT2D eigenvalue weighted by atomic mass is 16.5. The molecule has 9 nitrogen and oxygen atoms in total. The predicted octanol–water partition coefficient (Wildman–Crippen LogP) is 5.44. The molecule has 5 aromatic rings. The maximum Gasteiger partial charge on any atom is 0.348 e. The topological polar surface area (TPSA) is 114 Å². The van der Waals surface area contributed by atoms with Crippen molar-refractivity contribution in [2.45, 2.75) is 45.3 Å². The van der Waals surface area contributed by atoms with Gasteiger partial charge in [0.05, 0.1) is 18.0 Å². The van der Waals surface area contributed by atoms with Gasteiger partial charge in [0.2, 0.25) is 11.8 Å². The lowest BCUT2D eigenvalue weighted by Crippen LogP contribution is -2.42. The van der Waals surface area contributed by atoms with E-state index in [4.69, 9.17) is 9.15 Å². The van der Waals surface area contributed by atoms with Crippen LogP contribution in [0.25, 0.3) is 10.9 Å². The van der Waals surface area contributed by atoms with Gasteiger partial charge in [0, 0.05) is 33.0 Å². The Bertz CT molecular complexity index is 1840. The first kappa shape index (κ1) is 32.0. The van der Waals surface area contributed by atoms with Crippen molar-refractivity contribution >= 4 is 28.7 Å². The van der Waals surface area contributed by atoms with Crippen LogP contribution < -0.4 is 21.0 Å². The molecule has 5 rings (SSSR count). The second-order valence-corrected chi connectivity index (χ2v) is 11.2. The number of aryl methyl sites for hydroxylation is 2. The van der Waals surface area contributed by atoms with Crippen LogP contribution in [-0.2, 0) is 35.5 Å². The zero-order valence-electron chi connectivity index (χ0n) is 26.3. The summed E-state index contributed by atoms with van der Waals surface area (Å²) < 4.78 is 10.9. The van der Waals surface area contributed by atoms with Gasteiger partial charge < -0.3 is 24.7 Å². The van der Waals surface area contributed by atoms with Crippen LogP contribution in [-0.4, -0.2) is 41.9 Å². The van der Waals surface area contributed by atoms with E-state index < -0.39 is 11.7 Å². The Hall–Kier alpha value is -5.44. The molecule has 46 heavy (non-hydrogen) atoms. The van der Waals surface area contributed by atoms with Crippen molar-refractivity contribution in [3.8, 4) is 5.75 Å². The van der Waals surface area contributed by atoms with Crippen molar-refractivity contribution in [3.63, 3.8) is 0 Å². The van der Waals surface area contributed by atoms with E-state index in [2.05, 4.69) is 15.6 Å². The van der Waals surface area contributed by atoms with E-state index in [1.165, 1.54) is 0 Å². The number of methoxy groups -OCH3 is 1. The molecule has 4 aromatic carbocycles. The standard InChI is InChI=1S/C37H38N4O5/c1-25-29(23-38-33(42)21-16-26-10-6-4-7-11-26)17-20-31-34(25)36(44)46-37(39-31)40-32(22-27-14-18-30(45-3)19-15-27)35(43)41(2)24-28-12-8-5-9-13-28/h4-15,17-20,32H,16,21-24H2,1-3H3,(H,38,42)(H,39,40)/t32-/m0/s1. The van der Waals surface area contributed by atoms with E-state index in [1.807, 2.05) is 97.9 Å². The van der Waals surface area contributed by atoms with Crippen LogP contribution in [0.5, 0.6) is 5.75 Å². The Kier molecular flexibility index (Phi) is 10.4. The highest BCUT2D eigenvalue weighted by Gasteiger charge is 2.25. The van der Waals surface area contributed by atoms with Gasteiger partial charge in [-0.3, -0.25) is 9.59 Å². The smallest absolute Gasteiger partial charge is 0.348 e. The third-order valence-electron chi connectivity index (χ3n) is 7.96. The van der Waals surface area contributed by atoms with Gasteiger partial charge in [0.1, 0.15) is 11.8 Å². The largest absolute Gasteiger partial charge is 0.497 e. The lowest BCUT2D eigenvalue weighted by molar-refractivity contribution is -0.131. The molecule has 2 N–H and O–H groups in total. The normalized spacial score (nSPS) is 11.5. The number of rotatable bonds is 13. The van der Waals surface area contributed by atoms with Crippen molar-refractivity contribution in [1.82, 2.24) is 15.2 Å². The van der Waals surface area contributed by atoms with E-state index in [0.29, 0.717) is 48.0 Å². The molecule has 0 aliphatic rings. The molecule has 1 heterocycles. The van der Waals surface area contributed by atoms with E-state index in [1.54, 1.807) is 25.1 Å². The number of amides is 2. The average Bonchev–Trinajstić information content (AvgIpc) is 3.07. The van der Waals surface area contributed by atoms with Crippen LogP contribution in [0.2, 0.25) is 0 Å². The molecule has 0 saturated carbocycles. The van der Waals surface area contributed by atoms with Crippen LogP contribution in [0.4, 0.5) is 6.01 Å². The lowest BCUT2D eigenvalue weighted by atomic mass is 10.0. The Labute approximate surface area is 268 Å². The number of aromatic nitrogens is 1. The number of ether oxygens (including phenoxy) is 1. The molecule has 0 aliphatic carbocycles. The van der Waals surface area contributed by atoms with Crippen LogP contribution in [0.15, 0.2) is 106 Å². The Balaban J connectivity index is 1.33. The number of carbonyl (C=O) groups is 2. The van der Waals surface area contributed by atoms with Gasteiger partial charge in [-0.05, 0) is 59.4 Å². The van der Waals surface area contributed by atoms with Crippen molar-refractivity contribution in [2.75, 3.05) is 19.5 Å². The van der Waals surface area contributed by atoms with Crippen molar-refractivity contribution < 1.29 is 18.7 Å². The number of hydrogen-bond acceptors (Lipinski definition) is 7. The number of likely N-dealkylation sites (N-methyl/N-ethyl adjacent to an activating group) is 1. The number of nitrogens with one attached hydrogen (secondary N) is 2. The molecule has 0 unspecified atom stereocenters. The molecule has 0 spiro atoms. The minimum absolute atomic E-state index is 0.0427. The highest BCUT2D eigenvalue weighted by Crippen LogP contribution is 2.21. The maximum atomic E-state index is 13.7. The molecule has 0 saturated heterocycles. The van der Waals surface area contributed by atoms with Gasteiger partial charge in [-0.2, -0.15) is 4.98 Å². The van der Waals surface area contributed by atoms with Crippen LogP contribution in [0.3, 0.4) is 0 Å². The van der Waals surface area contributed by atoms with Gasteiger partial charge >= 0.3 is 5.63 Å². The Morgan fingerprint density at radius 2 is 1.57 bits per heavy atom. The summed E-state index contributed by atoms with van der Waals surface area (Å²) in [5.74, 6) is 0.459. The molecule has 0 radical (unpaired) electrons. The summed E-state index contributed by atoms with van der Waals surface area (Å²) in [6.07, 6.45) is 1.34. The number of benzene rings is 4. The Morgan fingerprint density at radius 1 is 0.891 bits per heavy atom. The molecular weight excluding hydrogens is 580 g/mol. The van der Waals surface area contributed by atoms with E-state index >= 15 is 0 Å². The number of fused-ring (bicyclic) bond motifs is 1. The number of anilines is 1. The van der Waals surface area contributed by atoms with Gasteiger partial charge in [-0.25, -0.2) is 4.79 Å². The summed E-state index contributed by atoms with van der Waals surface area (Å²) in [5, 5.41) is 6.38. The monoisotopic (exact) mass is 618 g/mol. The SMILES string of the molecule is COc1ccc(C[C@H](Nc2nc3ccc(CNC(=O)CCc4ccccc4)c(C)c3c(=O)o2)C(=O)N(C)Cc2ccccc2)cc1. The van der Waals surface area contributed by atoms with Gasteiger partial charge in [0.25, 0.3) is 6.01 Å². The fourth-order valence-electron chi connectivity index (χ4n) is 5.35. The summed E-state index contributed by atoms with van der Waals surface area (Å²) in [5.41, 5.74) is 4.33. The third-order valence-corrected chi connectivity index (χ3v) is 7.96. The fraction of sp³-hybridized carbons (Fsp3) is 0.243. The molecule has 0 fully saturated rings. The van der Waals surface area contributed by atoms with E-state index in [-0.39, 0.29) is 24.4 Å². The van der Waals surface area contributed by atoms with Crippen LogP contribution in [0, 0.1) is 6.92 Å². The van der Waals surface area contributed by atoms with Crippen LogP contribution in [0.1, 0.15) is 34.2 Å². The maximum absolute atomic E-state index is 13.7. The quantitative estimate of drug-likeness (QED) is 0.181. The number of carbonyl (C=O) groups excluding carboxylic acids is 2. The van der Waals surface area contributed by atoms with Gasteiger partial charge in [0.15, 0.2) is 0 Å². The number of nitrogens with zero attached hydrogens (tertiary/aromatic N) is 2.